The van der Waals surface area contributed by atoms with Gasteiger partial charge in [0, 0.05) is 21.1 Å². The van der Waals surface area contributed by atoms with Crippen molar-refractivity contribution in [2.75, 3.05) is 39.6 Å². The van der Waals surface area contributed by atoms with Crippen LogP contribution in [-0.4, -0.2) is 344 Å². The standard InChI is InChI=1S/C46H80N2O34SSi.Na/c1-14-24(56)28(60)30(62)42(72-14)79-37-23(47-15(2)53)40(80-38-26(58)18(10-50)73-43(32(38)64)77-34-20(12-52)75-41(31(63)29(34)61)70-6-7-84(3,4)5)76-21(13-71-83(67,68)69)35(37)78-44-33(65)39(27(59)19(11-51)74-44)82-46-8-16(54)22(48-45(46)66)36(81-46)25(57)17(55)9-49;/h14,16-44,49-52,54-65H,6-13H2,1-5H3,(H,47,53)(H,48,66)(H,67,68,69);/q;+1/p-1/t14-,16-,17+,18+,19+,20+,21+,22+,23+,24+,25+,26-,27-,28+,29+,30-,31+,32+,33+,34+,35+,36+,37+,38-,39-,40-,41+,42-,43-,44-,46-;/m0./s1. The largest absolute Gasteiger partial charge is 1.00 e. The number of aliphatic hydroxyl groups excluding tert-OH is 16. The van der Waals surface area contributed by atoms with Gasteiger partial charge in [-0.1, -0.05) is 19.6 Å². The first kappa shape index (κ1) is 73.0. The minimum atomic E-state index is -5.52. The number of carbonyl (C=O) groups is 1. The number of carbonyl (C=O) groups excluding carboxylic acids is 1. The van der Waals surface area contributed by atoms with Gasteiger partial charge in [0.15, 0.2) is 31.5 Å². The smallest absolute Gasteiger partial charge is 0.862 e. The van der Waals surface area contributed by atoms with Crippen molar-refractivity contribution in [2.24, 2.45) is 4.99 Å². The van der Waals surface area contributed by atoms with Crippen LogP contribution in [0.3, 0.4) is 0 Å². The second-order valence-electron chi connectivity index (χ2n) is 22.7. The molecule has 0 aromatic carbocycles. The number of hydrogen-bond donors (Lipinski definition) is 18. The van der Waals surface area contributed by atoms with Gasteiger partial charge in [-0.15, -0.1) is 0 Å². The number of piperidine rings is 1. The summed E-state index contributed by atoms with van der Waals surface area (Å²) in [5.41, 5.74) is 0. The molecule has 2 bridgehead atoms. The van der Waals surface area contributed by atoms with Crippen molar-refractivity contribution in [2.45, 2.75) is 236 Å². The maximum atomic E-state index is 13.6. The molecule has 8 rings (SSSR count). The summed E-state index contributed by atoms with van der Waals surface area (Å²) in [5.74, 6) is -5.04. The summed E-state index contributed by atoms with van der Waals surface area (Å²) >= 11 is 0. The fourth-order valence-electron chi connectivity index (χ4n) is 10.7. The van der Waals surface area contributed by atoms with Crippen molar-refractivity contribution in [3.63, 3.8) is 0 Å². The molecule has 31 atom stereocenters. The monoisotopic (exact) mass is 1290 g/mol. The predicted molar refractivity (Wildman–Crippen MR) is 266 cm³/mol. The number of nitrogens with one attached hydrogen (secondary N) is 1. The molecule has 0 unspecified atom stereocenters. The van der Waals surface area contributed by atoms with E-state index in [1.54, 1.807) is 0 Å². The Morgan fingerprint density at radius 3 is 1.76 bits per heavy atom. The molecule has 0 radical (unpaired) electrons. The van der Waals surface area contributed by atoms with Crippen LogP contribution in [0, 0.1) is 0 Å². The summed E-state index contributed by atoms with van der Waals surface area (Å²) in [4.78, 5) is 17.6. The summed E-state index contributed by atoms with van der Waals surface area (Å²) in [7, 11) is -7.19. The third kappa shape index (κ3) is 16.6. The molecule has 0 aliphatic carbocycles. The second-order valence-corrected chi connectivity index (χ2v) is 29.4. The van der Waals surface area contributed by atoms with Crippen LogP contribution >= 0.6 is 0 Å². The zero-order valence-electron chi connectivity index (χ0n) is 46.9. The summed E-state index contributed by atoms with van der Waals surface area (Å²) < 4.78 is 110. The molecule has 39 heteroatoms. The van der Waals surface area contributed by atoms with E-state index >= 15 is 0 Å². The van der Waals surface area contributed by atoms with Crippen molar-refractivity contribution in [3.8, 4) is 0 Å². The maximum absolute atomic E-state index is 13.6. The molecule has 0 aromatic heterocycles. The molecular formula is C46H79N2NaO34SSi. The van der Waals surface area contributed by atoms with Gasteiger partial charge < -0.3 is 149 Å². The fourth-order valence-corrected chi connectivity index (χ4v) is 11.7. The predicted octanol–water partition coefficient (Wildman–Crippen LogP) is -14.8. The molecule has 8 aliphatic rings. The molecule has 18 N–H and O–H groups in total. The topological polar surface area (TPSA) is 563 Å². The molecule has 0 spiro atoms. The van der Waals surface area contributed by atoms with Gasteiger partial charge in [-0.25, -0.2) is 4.18 Å². The number of hydrogen-bond acceptors (Lipinski definition) is 34. The number of rotatable bonds is 24. The third-order valence-electron chi connectivity index (χ3n) is 15.4. The fraction of sp³-hybridized carbons (Fsp3) is 0.957. The first-order chi connectivity index (χ1) is 39.3. The number of amides is 1. The Kier molecular flexibility index (Phi) is 25.8. The summed E-state index contributed by atoms with van der Waals surface area (Å²) in [6.07, 6.45) is -56.9. The van der Waals surface area contributed by atoms with Gasteiger partial charge >= 0.3 is 40.0 Å². The van der Waals surface area contributed by atoms with E-state index < -0.39 is 259 Å². The Morgan fingerprint density at radius 1 is 0.682 bits per heavy atom. The molecule has 8 heterocycles. The van der Waals surface area contributed by atoms with Crippen LogP contribution in [0.2, 0.25) is 25.7 Å². The molecule has 0 aromatic rings. The molecule has 1 amide bonds. The molecule has 85 heavy (non-hydrogen) atoms. The van der Waals surface area contributed by atoms with Crippen molar-refractivity contribution < 1.29 is 195 Å². The number of ether oxygens (including phenoxy) is 12. The Hall–Kier alpha value is -1.09. The number of aliphatic hydroxyl groups is 16. The zero-order chi connectivity index (χ0) is 62.2. The summed E-state index contributed by atoms with van der Waals surface area (Å²) in [5, 5.41) is 191. The van der Waals surface area contributed by atoms with Crippen LogP contribution < -0.4 is 40.0 Å². The number of morpholine rings is 1. The molecule has 8 saturated heterocycles. The van der Waals surface area contributed by atoms with Crippen molar-refractivity contribution in [1.82, 2.24) is 5.32 Å². The number of aliphatic imine (C=N–C) groups is 1. The molecule has 8 fully saturated rings. The first-order valence-corrected chi connectivity index (χ1v) is 32.0. The van der Waals surface area contributed by atoms with Gasteiger partial charge in [-0.3, -0.25) is 14.3 Å². The molecular weight excluding hydrogens is 1210 g/mol. The van der Waals surface area contributed by atoms with E-state index in [9.17, 15) is 105 Å². The average molecular weight is 1290 g/mol. The van der Waals surface area contributed by atoms with E-state index in [4.69, 9.17) is 56.8 Å². The Bertz CT molecular complexity index is 2280. The molecule has 488 valence electrons. The Labute approximate surface area is 508 Å². The maximum Gasteiger partial charge on any atom is 1.00 e. The van der Waals surface area contributed by atoms with E-state index in [-0.39, 0.29) is 36.2 Å². The van der Waals surface area contributed by atoms with E-state index in [0.717, 1.165) is 6.92 Å². The summed E-state index contributed by atoms with van der Waals surface area (Å²) in [6.45, 7) is 2.79. The van der Waals surface area contributed by atoms with Crippen LogP contribution in [0.4, 0.5) is 0 Å². The van der Waals surface area contributed by atoms with E-state index in [2.05, 4.69) is 34.1 Å². The third-order valence-corrected chi connectivity index (χ3v) is 17.5. The van der Waals surface area contributed by atoms with Gasteiger partial charge in [0.25, 0.3) is 11.7 Å². The van der Waals surface area contributed by atoms with E-state index in [1.807, 2.05) is 0 Å². The second kappa shape index (κ2) is 30.1. The van der Waals surface area contributed by atoms with Crippen LogP contribution in [0.5, 0.6) is 0 Å². The molecule has 8 aliphatic heterocycles. The Balaban J connectivity index is 0.0000116. The van der Waals surface area contributed by atoms with Gasteiger partial charge in [0.1, 0.15) is 134 Å². The normalized spacial score (nSPS) is 46.3. The zero-order valence-corrected chi connectivity index (χ0v) is 50.7. The minimum absolute atomic E-state index is 0. The Morgan fingerprint density at radius 2 is 1.20 bits per heavy atom. The van der Waals surface area contributed by atoms with Crippen molar-refractivity contribution in [1.29, 1.82) is 0 Å². The van der Waals surface area contributed by atoms with Crippen molar-refractivity contribution in [3.05, 3.63) is 0 Å². The molecule has 36 nitrogen and oxygen atoms in total. The number of nitrogens with zero attached hydrogens (tertiary/aromatic N) is 1. The number of fused-ring (bicyclic) bond motifs is 3. The molecule has 0 saturated carbocycles. The van der Waals surface area contributed by atoms with Crippen molar-refractivity contribution >= 4 is 30.3 Å². The summed E-state index contributed by atoms with van der Waals surface area (Å²) in [6, 6.07) is -2.96. The van der Waals surface area contributed by atoms with E-state index in [0.29, 0.717) is 6.04 Å². The van der Waals surface area contributed by atoms with Crippen LogP contribution in [-0.2, 0) is 76.2 Å². The van der Waals surface area contributed by atoms with Gasteiger partial charge in [-0.2, -0.15) is 8.42 Å². The van der Waals surface area contributed by atoms with Gasteiger partial charge in [0.05, 0.1) is 51.3 Å². The van der Waals surface area contributed by atoms with E-state index in [1.165, 1.54) is 6.92 Å². The minimum Gasteiger partial charge on any atom is -0.862 e. The van der Waals surface area contributed by atoms with Gasteiger partial charge in [-0.05, 0) is 25.8 Å². The quantitative estimate of drug-likeness (QED) is 0.0185. The van der Waals surface area contributed by atoms with Crippen LogP contribution in [0.15, 0.2) is 4.99 Å². The SMILES string of the molecule is CC([O-])=N[C@H]1[C@H](O[C@H]2[C@@H](O)[C@@H](CO)O[C@@H](O[C@H]3[C@H](O)[C@@H](O)[C@H](OCC[Si](C)(C)C)O[C@@H]3CO)[C@@H]2O)O[C@H](COS(=O)(=O)O)[C@@H](O[C@@H]2O[C@H](CO)[C@H](O)[C@H](O[C@@]34C[C@H](O)[C@@H](NC3=O)[C@H]([C@H](O)[C@H](O)CO)O4)[C@H]2O)[C@@H]1O[C@@H]1O[C@@H](C)[C@@H](O)[C@@H](O)[C@@H]1O.[Na+]. The van der Waals surface area contributed by atoms with Crippen LogP contribution in [0.1, 0.15) is 20.3 Å². The van der Waals surface area contributed by atoms with Crippen LogP contribution in [0.25, 0.3) is 0 Å². The van der Waals surface area contributed by atoms with Gasteiger partial charge in [0.2, 0.25) is 0 Å². The first-order valence-electron chi connectivity index (χ1n) is 26.9. The average Bonchev–Trinajstić information content (AvgIpc) is 0.874.